The summed E-state index contributed by atoms with van der Waals surface area (Å²) in [6, 6.07) is 9.85. The quantitative estimate of drug-likeness (QED) is 0.834. The Balaban J connectivity index is 1.56. The molecule has 1 saturated heterocycles. The molecule has 1 fully saturated rings. The molecule has 0 bridgehead atoms. The molecule has 0 radical (unpaired) electrons. The summed E-state index contributed by atoms with van der Waals surface area (Å²) in [6.07, 6.45) is 5.92. The summed E-state index contributed by atoms with van der Waals surface area (Å²) in [5, 5.41) is 3.02. The Morgan fingerprint density at radius 1 is 1.18 bits per heavy atom. The van der Waals surface area contributed by atoms with Crippen molar-refractivity contribution in [1.82, 2.24) is 15.2 Å². The van der Waals surface area contributed by atoms with Gasteiger partial charge in [0.25, 0.3) is 5.91 Å². The summed E-state index contributed by atoms with van der Waals surface area (Å²) in [5.41, 5.74) is 3.96. The molecular weight excluding hydrogens is 350 g/mol. The SMILES string of the molecule is Cc1cc(C)cc(C(=O)NC[C@@H]2CCCN2C(=O)CC(C)c2ccncc2)c1. The normalized spacial score (nSPS) is 17.4. The number of likely N-dealkylation sites (tertiary alicyclic amines) is 1. The molecule has 1 unspecified atom stereocenters. The van der Waals surface area contributed by atoms with Crippen LogP contribution in [0.1, 0.15) is 59.2 Å². The third kappa shape index (κ3) is 4.97. The summed E-state index contributed by atoms with van der Waals surface area (Å²) in [5.74, 6) is 0.241. The minimum absolute atomic E-state index is 0.0729. The number of hydrogen-bond donors (Lipinski definition) is 1. The summed E-state index contributed by atoms with van der Waals surface area (Å²) in [6.45, 7) is 7.32. The van der Waals surface area contributed by atoms with Crippen molar-refractivity contribution in [2.24, 2.45) is 0 Å². The molecule has 148 valence electrons. The number of benzene rings is 1. The van der Waals surface area contributed by atoms with Crippen LogP contribution < -0.4 is 5.32 Å². The Bertz CT molecular complexity index is 815. The fourth-order valence-electron chi connectivity index (χ4n) is 3.98. The van der Waals surface area contributed by atoms with E-state index in [9.17, 15) is 9.59 Å². The maximum atomic E-state index is 12.8. The fraction of sp³-hybridized carbons (Fsp3) is 0.435. The highest BCUT2D eigenvalue weighted by Crippen LogP contribution is 2.23. The van der Waals surface area contributed by atoms with Crippen LogP contribution in [0, 0.1) is 13.8 Å². The second kappa shape index (κ2) is 9.00. The lowest BCUT2D eigenvalue weighted by Gasteiger charge is -2.26. The van der Waals surface area contributed by atoms with Gasteiger partial charge in [-0.05, 0) is 62.4 Å². The lowest BCUT2D eigenvalue weighted by Crippen LogP contribution is -2.43. The van der Waals surface area contributed by atoms with E-state index in [0.29, 0.717) is 18.5 Å². The van der Waals surface area contributed by atoms with E-state index in [4.69, 9.17) is 0 Å². The summed E-state index contributed by atoms with van der Waals surface area (Å²) in [7, 11) is 0. The highest BCUT2D eigenvalue weighted by molar-refractivity contribution is 5.94. The highest BCUT2D eigenvalue weighted by atomic mass is 16.2. The van der Waals surface area contributed by atoms with Gasteiger partial charge in [-0.1, -0.05) is 24.1 Å². The fourth-order valence-corrected chi connectivity index (χ4v) is 3.98. The number of carbonyl (C=O) groups is 2. The zero-order valence-electron chi connectivity index (χ0n) is 16.9. The van der Waals surface area contributed by atoms with Crippen molar-refractivity contribution in [2.45, 2.75) is 52.0 Å². The van der Waals surface area contributed by atoms with Gasteiger partial charge in [0.2, 0.25) is 5.91 Å². The number of nitrogens with one attached hydrogen (secondary N) is 1. The molecule has 2 heterocycles. The lowest BCUT2D eigenvalue weighted by molar-refractivity contribution is -0.132. The average Bonchev–Trinajstić information content (AvgIpc) is 3.14. The van der Waals surface area contributed by atoms with Crippen LogP contribution in [0.15, 0.2) is 42.7 Å². The number of nitrogens with zero attached hydrogens (tertiary/aromatic N) is 2. The molecule has 28 heavy (non-hydrogen) atoms. The maximum absolute atomic E-state index is 12.8. The van der Waals surface area contributed by atoms with Gasteiger partial charge in [0, 0.05) is 43.5 Å². The van der Waals surface area contributed by atoms with Crippen LogP contribution in [0.4, 0.5) is 0 Å². The number of aryl methyl sites for hydroxylation is 2. The number of hydrogen-bond acceptors (Lipinski definition) is 3. The molecule has 0 aliphatic carbocycles. The predicted molar refractivity (Wildman–Crippen MR) is 110 cm³/mol. The van der Waals surface area contributed by atoms with Crippen LogP contribution in [0.3, 0.4) is 0 Å². The van der Waals surface area contributed by atoms with Gasteiger partial charge in [-0.15, -0.1) is 0 Å². The van der Waals surface area contributed by atoms with Gasteiger partial charge in [0.15, 0.2) is 0 Å². The van der Waals surface area contributed by atoms with Gasteiger partial charge in [-0.25, -0.2) is 0 Å². The monoisotopic (exact) mass is 379 g/mol. The van der Waals surface area contributed by atoms with Gasteiger partial charge >= 0.3 is 0 Å². The molecule has 5 heteroatoms. The second-order valence-corrected chi connectivity index (χ2v) is 7.86. The van der Waals surface area contributed by atoms with Crippen LogP contribution in [0.5, 0.6) is 0 Å². The summed E-state index contributed by atoms with van der Waals surface area (Å²) >= 11 is 0. The molecule has 2 atom stereocenters. The molecule has 1 N–H and O–H groups in total. The standard InChI is InChI=1S/C23H29N3O2/c1-16-11-17(2)13-20(12-16)23(28)25-15-21-5-4-10-26(21)22(27)14-18(3)19-6-8-24-9-7-19/h6-9,11-13,18,21H,4-5,10,14-15H2,1-3H3,(H,25,28)/t18?,21-/m0/s1. The Morgan fingerprint density at radius 2 is 1.86 bits per heavy atom. The number of rotatable bonds is 6. The van der Waals surface area contributed by atoms with Crippen molar-refractivity contribution in [1.29, 1.82) is 0 Å². The molecule has 1 aromatic carbocycles. The van der Waals surface area contributed by atoms with Crippen molar-refractivity contribution in [2.75, 3.05) is 13.1 Å². The van der Waals surface area contributed by atoms with Gasteiger partial charge in [0.05, 0.1) is 0 Å². The van der Waals surface area contributed by atoms with Crippen LogP contribution in [-0.2, 0) is 4.79 Å². The Labute approximate surface area is 167 Å². The van der Waals surface area contributed by atoms with Crippen molar-refractivity contribution in [3.05, 3.63) is 65.0 Å². The largest absolute Gasteiger partial charge is 0.350 e. The molecule has 0 spiro atoms. The molecule has 0 saturated carbocycles. The molecule has 3 rings (SSSR count). The first-order valence-corrected chi connectivity index (χ1v) is 10.00. The molecule has 2 amide bonds. The number of pyridine rings is 1. The van der Waals surface area contributed by atoms with Crippen molar-refractivity contribution < 1.29 is 9.59 Å². The van der Waals surface area contributed by atoms with E-state index in [1.807, 2.05) is 43.0 Å². The molecule has 1 aliphatic heterocycles. The Kier molecular flexibility index (Phi) is 6.45. The highest BCUT2D eigenvalue weighted by Gasteiger charge is 2.29. The van der Waals surface area contributed by atoms with Crippen molar-refractivity contribution >= 4 is 11.8 Å². The van der Waals surface area contributed by atoms with Crippen LogP contribution in [0.2, 0.25) is 0 Å². The van der Waals surface area contributed by atoms with Gasteiger partial charge in [-0.2, -0.15) is 0 Å². The molecule has 1 aliphatic rings. The zero-order chi connectivity index (χ0) is 20.1. The first kappa shape index (κ1) is 20.1. The minimum atomic E-state index is -0.0729. The topological polar surface area (TPSA) is 62.3 Å². The van der Waals surface area contributed by atoms with Crippen LogP contribution >= 0.6 is 0 Å². The predicted octanol–water partition coefficient (Wildman–Crippen LogP) is 3.61. The first-order valence-electron chi connectivity index (χ1n) is 10.00. The van der Waals surface area contributed by atoms with Crippen LogP contribution in [0.25, 0.3) is 0 Å². The van der Waals surface area contributed by atoms with E-state index in [1.165, 1.54) is 0 Å². The second-order valence-electron chi connectivity index (χ2n) is 7.86. The Morgan fingerprint density at radius 3 is 2.54 bits per heavy atom. The number of amides is 2. The maximum Gasteiger partial charge on any atom is 0.251 e. The number of aromatic nitrogens is 1. The molecule has 1 aromatic heterocycles. The molecular formula is C23H29N3O2. The summed E-state index contributed by atoms with van der Waals surface area (Å²) < 4.78 is 0. The van der Waals surface area contributed by atoms with Gasteiger partial charge in [-0.3, -0.25) is 14.6 Å². The summed E-state index contributed by atoms with van der Waals surface area (Å²) in [4.78, 5) is 31.3. The van der Waals surface area contributed by atoms with Crippen LogP contribution in [-0.4, -0.2) is 40.8 Å². The van der Waals surface area contributed by atoms with Gasteiger partial charge in [0.1, 0.15) is 0 Å². The average molecular weight is 380 g/mol. The smallest absolute Gasteiger partial charge is 0.251 e. The third-order valence-electron chi connectivity index (χ3n) is 5.44. The van der Waals surface area contributed by atoms with Gasteiger partial charge < -0.3 is 10.2 Å². The van der Waals surface area contributed by atoms with Crippen molar-refractivity contribution in [3.8, 4) is 0 Å². The number of carbonyl (C=O) groups excluding carboxylic acids is 2. The van der Waals surface area contributed by atoms with E-state index in [2.05, 4.69) is 23.3 Å². The van der Waals surface area contributed by atoms with E-state index in [1.54, 1.807) is 12.4 Å². The lowest BCUT2D eigenvalue weighted by atomic mass is 9.98. The zero-order valence-corrected chi connectivity index (χ0v) is 16.9. The van der Waals surface area contributed by atoms with E-state index >= 15 is 0 Å². The van der Waals surface area contributed by atoms with E-state index < -0.39 is 0 Å². The molecule has 5 nitrogen and oxygen atoms in total. The minimum Gasteiger partial charge on any atom is -0.350 e. The van der Waals surface area contributed by atoms with E-state index in [-0.39, 0.29) is 23.8 Å². The van der Waals surface area contributed by atoms with Crippen molar-refractivity contribution in [3.63, 3.8) is 0 Å². The van der Waals surface area contributed by atoms with E-state index in [0.717, 1.165) is 36.1 Å². The third-order valence-corrected chi connectivity index (χ3v) is 5.44. The first-order chi connectivity index (χ1) is 13.4. The molecule has 2 aromatic rings. The Hall–Kier alpha value is -2.69.